The molecule has 4 rings (SSSR count). The standard InChI is InChI=1S/C17H13ClN2S/c1-2-11-3-5-12(6-4-11)14-10-20-15-8-7-13(18)9-16(15)21-17(20)19-14/h3-10H,2H2,1H3. The molecule has 0 aliphatic rings. The van der Waals surface area contributed by atoms with E-state index in [9.17, 15) is 0 Å². The molecule has 2 aromatic heterocycles. The lowest BCUT2D eigenvalue weighted by Gasteiger charge is -1.99. The summed E-state index contributed by atoms with van der Waals surface area (Å²) >= 11 is 7.71. The number of nitrogens with zero attached hydrogens (tertiary/aromatic N) is 2. The number of hydrogen-bond donors (Lipinski definition) is 0. The fraction of sp³-hybridized carbons (Fsp3) is 0.118. The van der Waals surface area contributed by atoms with Crippen LogP contribution >= 0.6 is 22.9 Å². The molecule has 0 bridgehead atoms. The van der Waals surface area contributed by atoms with Crippen LogP contribution in [0.2, 0.25) is 5.02 Å². The maximum atomic E-state index is 6.05. The molecule has 2 nitrogen and oxygen atoms in total. The second-order valence-electron chi connectivity index (χ2n) is 5.04. The molecular formula is C17H13ClN2S. The summed E-state index contributed by atoms with van der Waals surface area (Å²) in [7, 11) is 0. The van der Waals surface area contributed by atoms with Gasteiger partial charge >= 0.3 is 0 Å². The normalized spacial score (nSPS) is 11.5. The quantitative estimate of drug-likeness (QED) is 0.482. The van der Waals surface area contributed by atoms with Crippen molar-refractivity contribution in [2.45, 2.75) is 13.3 Å². The third-order valence-corrected chi connectivity index (χ3v) is 4.97. The van der Waals surface area contributed by atoms with Gasteiger partial charge in [0.05, 0.1) is 15.9 Å². The second kappa shape index (κ2) is 4.86. The van der Waals surface area contributed by atoms with Gasteiger partial charge in [-0.1, -0.05) is 54.1 Å². The largest absolute Gasteiger partial charge is 0.290 e. The molecule has 2 aromatic carbocycles. The molecule has 0 spiro atoms. The van der Waals surface area contributed by atoms with Crippen LogP contribution in [0, 0.1) is 0 Å². The highest BCUT2D eigenvalue weighted by Gasteiger charge is 2.10. The second-order valence-corrected chi connectivity index (χ2v) is 6.49. The number of aromatic nitrogens is 2. The van der Waals surface area contributed by atoms with Gasteiger partial charge in [0.1, 0.15) is 0 Å². The van der Waals surface area contributed by atoms with Crippen molar-refractivity contribution in [3.8, 4) is 11.3 Å². The first-order valence-electron chi connectivity index (χ1n) is 6.91. The summed E-state index contributed by atoms with van der Waals surface area (Å²) in [6.45, 7) is 2.17. The number of halogens is 1. The number of benzene rings is 2. The highest BCUT2D eigenvalue weighted by atomic mass is 35.5. The monoisotopic (exact) mass is 312 g/mol. The Morgan fingerprint density at radius 3 is 2.71 bits per heavy atom. The van der Waals surface area contributed by atoms with Gasteiger partial charge in [0.25, 0.3) is 0 Å². The molecule has 21 heavy (non-hydrogen) atoms. The lowest BCUT2D eigenvalue weighted by molar-refractivity contribution is 1.14. The summed E-state index contributed by atoms with van der Waals surface area (Å²) in [5.74, 6) is 0. The van der Waals surface area contributed by atoms with Crippen LogP contribution in [0.1, 0.15) is 12.5 Å². The Hall–Kier alpha value is -1.84. The van der Waals surface area contributed by atoms with Gasteiger partial charge in [-0.05, 0) is 30.2 Å². The van der Waals surface area contributed by atoms with Crippen molar-refractivity contribution >= 4 is 38.1 Å². The SMILES string of the molecule is CCc1ccc(-c2cn3c(n2)sc2cc(Cl)ccc23)cc1. The van der Waals surface area contributed by atoms with E-state index >= 15 is 0 Å². The minimum absolute atomic E-state index is 0.766. The van der Waals surface area contributed by atoms with Gasteiger partial charge in [0.2, 0.25) is 0 Å². The summed E-state index contributed by atoms with van der Waals surface area (Å²) < 4.78 is 3.30. The Morgan fingerprint density at radius 2 is 1.95 bits per heavy atom. The Balaban J connectivity index is 1.86. The molecule has 0 radical (unpaired) electrons. The molecule has 0 fully saturated rings. The van der Waals surface area contributed by atoms with E-state index in [2.05, 4.69) is 41.8 Å². The Morgan fingerprint density at radius 1 is 1.14 bits per heavy atom. The van der Waals surface area contributed by atoms with Gasteiger partial charge in [-0.2, -0.15) is 0 Å². The van der Waals surface area contributed by atoms with E-state index in [1.165, 1.54) is 5.56 Å². The van der Waals surface area contributed by atoms with Crippen molar-refractivity contribution in [3.05, 3.63) is 59.2 Å². The minimum atomic E-state index is 0.766. The molecule has 0 aliphatic carbocycles. The van der Waals surface area contributed by atoms with E-state index in [4.69, 9.17) is 16.6 Å². The maximum absolute atomic E-state index is 6.05. The van der Waals surface area contributed by atoms with Crippen LogP contribution < -0.4 is 0 Å². The van der Waals surface area contributed by atoms with Crippen LogP contribution in [0.15, 0.2) is 48.7 Å². The fourth-order valence-electron chi connectivity index (χ4n) is 2.53. The van der Waals surface area contributed by atoms with Crippen molar-refractivity contribution in [2.75, 3.05) is 0 Å². The Kier molecular flexibility index (Phi) is 2.98. The number of fused-ring (bicyclic) bond motifs is 3. The van der Waals surface area contributed by atoms with E-state index in [1.807, 2.05) is 18.2 Å². The third-order valence-electron chi connectivity index (χ3n) is 3.71. The number of imidazole rings is 1. The number of aryl methyl sites for hydroxylation is 1. The highest BCUT2D eigenvalue weighted by molar-refractivity contribution is 7.23. The first kappa shape index (κ1) is 12.9. The molecule has 0 amide bonds. The minimum Gasteiger partial charge on any atom is -0.290 e. The lowest BCUT2D eigenvalue weighted by Crippen LogP contribution is -1.81. The van der Waals surface area contributed by atoms with Gasteiger partial charge in [-0.25, -0.2) is 4.98 Å². The Labute approximate surface area is 131 Å². The maximum Gasteiger partial charge on any atom is 0.195 e. The van der Waals surface area contributed by atoms with Crippen molar-refractivity contribution in [1.29, 1.82) is 0 Å². The van der Waals surface area contributed by atoms with Gasteiger partial charge in [0, 0.05) is 16.8 Å². The molecular weight excluding hydrogens is 300 g/mol. The topological polar surface area (TPSA) is 17.3 Å². The van der Waals surface area contributed by atoms with Gasteiger partial charge in [-0.3, -0.25) is 4.40 Å². The van der Waals surface area contributed by atoms with Crippen LogP contribution in [-0.4, -0.2) is 9.38 Å². The van der Waals surface area contributed by atoms with Crippen molar-refractivity contribution < 1.29 is 0 Å². The van der Waals surface area contributed by atoms with E-state index in [-0.39, 0.29) is 0 Å². The van der Waals surface area contributed by atoms with Crippen LogP contribution in [-0.2, 0) is 6.42 Å². The van der Waals surface area contributed by atoms with Gasteiger partial charge in [-0.15, -0.1) is 0 Å². The van der Waals surface area contributed by atoms with E-state index < -0.39 is 0 Å². The zero-order valence-electron chi connectivity index (χ0n) is 11.5. The molecule has 0 N–H and O–H groups in total. The predicted molar refractivity (Wildman–Crippen MR) is 90.4 cm³/mol. The van der Waals surface area contributed by atoms with E-state index in [1.54, 1.807) is 11.3 Å². The Bertz CT molecular complexity index is 935. The summed E-state index contributed by atoms with van der Waals surface area (Å²) in [4.78, 5) is 5.75. The zero-order valence-corrected chi connectivity index (χ0v) is 13.1. The lowest BCUT2D eigenvalue weighted by atomic mass is 10.1. The van der Waals surface area contributed by atoms with Crippen LogP contribution in [0.3, 0.4) is 0 Å². The van der Waals surface area contributed by atoms with Gasteiger partial charge < -0.3 is 0 Å². The molecule has 0 atom stereocenters. The molecule has 0 unspecified atom stereocenters. The molecule has 4 aromatic rings. The van der Waals surface area contributed by atoms with Crippen LogP contribution in [0.25, 0.3) is 26.4 Å². The zero-order chi connectivity index (χ0) is 14.4. The molecule has 2 heterocycles. The van der Waals surface area contributed by atoms with Crippen molar-refractivity contribution in [3.63, 3.8) is 0 Å². The fourth-order valence-corrected chi connectivity index (χ4v) is 3.81. The molecule has 4 heteroatoms. The molecule has 0 saturated carbocycles. The smallest absolute Gasteiger partial charge is 0.195 e. The summed E-state index contributed by atoms with van der Waals surface area (Å²) in [5.41, 5.74) is 4.68. The van der Waals surface area contributed by atoms with Crippen LogP contribution in [0.5, 0.6) is 0 Å². The summed E-state index contributed by atoms with van der Waals surface area (Å²) in [6, 6.07) is 14.6. The van der Waals surface area contributed by atoms with E-state index in [0.29, 0.717) is 0 Å². The number of hydrogen-bond acceptors (Lipinski definition) is 2. The number of thiazole rings is 1. The number of rotatable bonds is 2. The first-order valence-corrected chi connectivity index (χ1v) is 8.10. The highest BCUT2D eigenvalue weighted by Crippen LogP contribution is 2.31. The average Bonchev–Trinajstić information content (AvgIpc) is 3.04. The van der Waals surface area contributed by atoms with Crippen molar-refractivity contribution in [2.24, 2.45) is 0 Å². The predicted octanol–water partition coefficient (Wildman–Crippen LogP) is 5.43. The van der Waals surface area contributed by atoms with Gasteiger partial charge in [0.15, 0.2) is 4.96 Å². The molecule has 0 saturated heterocycles. The summed E-state index contributed by atoms with van der Waals surface area (Å²) in [5, 5.41) is 0.766. The van der Waals surface area contributed by atoms with Crippen LogP contribution in [0.4, 0.5) is 0 Å². The molecule has 0 aliphatic heterocycles. The van der Waals surface area contributed by atoms with Crippen molar-refractivity contribution in [1.82, 2.24) is 9.38 Å². The third kappa shape index (κ3) is 2.13. The summed E-state index contributed by atoms with van der Waals surface area (Å²) in [6.07, 6.45) is 3.16. The average molecular weight is 313 g/mol. The molecule has 104 valence electrons. The first-order chi connectivity index (χ1) is 10.2. The van der Waals surface area contributed by atoms with E-state index in [0.717, 1.165) is 37.9 Å².